The molecule has 1 aromatic rings. The zero-order chi connectivity index (χ0) is 14.7. The molecule has 1 fully saturated rings. The number of rotatable bonds is 3. The van der Waals surface area contributed by atoms with E-state index in [2.05, 4.69) is 41.8 Å². The fourth-order valence-electron chi connectivity index (χ4n) is 3.66. The molecule has 21 heavy (non-hydrogen) atoms. The molecule has 2 N–H and O–H groups in total. The van der Waals surface area contributed by atoms with Gasteiger partial charge in [0.2, 0.25) is 5.91 Å². The molecule has 0 radical (unpaired) electrons. The second kappa shape index (κ2) is 6.61. The van der Waals surface area contributed by atoms with Gasteiger partial charge in [-0.15, -0.1) is 0 Å². The number of amides is 1. The molecule has 0 bridgehead atoms. The van der Waals surface area contributed by atoms with Crippen LogP contribution in [0, 0.1) is 11.8 Å². The molecule has 1 aliphatic heterocycles. The maximum absolute atomic E-state index is 12.4. The van der Waals surface area contributed by atoms with Gasteiger partial charge in [0, 0.05) is 18.5 Å². The van der Waals surface area contributed by atoms with Crippen molar-refractivity contribution in [1.82, 2.24) is 10.6 Å². The summed E-state index contributed by atoms with van der Waals surface area (Å²) in [6.07, 6.45) is 5.44. The maximum Gasteiger partial charge on any atom is 0.223 e. The van der Waals surface area contributed by atoms with Crippen LogP contribution in [-0.4, -0.2) is 25.0 Å². The summed E-state index contributed by atoms with van der Waals surface area (Å²) in [5, 5.41) is 6.71. The average molecular weight is 286 g/mol. The Labute approximate surface area is 127 Å². The minimum atomic E-state index is 0.152. The van der Waals surface area contributed by atoms with Crippen LogP contribution in [0.3, 0.4) is 0 Å². The summed E-state index contributed by atoms with van der Waals surface area (Å²) in [7, 11) is 0. The third-order valence-electron chi connectivity index (χ3n) is 5.14. The zero-order valence-corrected chi connectivity index (χ0v) is 12.9. The third-order valence-corrected chi connectivity index (χ3v) is 5.14. The molecule has 1 aromatic carbocycles. The van der Waals surface area contributed by atoms with E-state index in [1.165, 1.54) is 24.0 Å². The summed E-state index contributed by atoms with van der Waals surface area (Å²) < 4.78 is 0. The number of carbonyl (C=O) groups is 1. The summed E-state index contributed by atoms with van der Waals surface area (Å²) in [4.78, 5) is 12.4. The van der Waals surface area contributed by atoms with Crippen LogP contribution in [0.2, 0.25) is 0 Å². The number of nitrogens with one attached hydrogen (secondary N) is 2. The van der Waals surface area contributed by atoms with E-state index in [9.17, 15) is 4.79 Å². The Balaban J connectivity index is 1.52. The van der Waals surface area contributed by atoms with Crippen molar-refractivity contribution in [3.05, 3.63) is 35.4 Å². The second-order valence-corrected chi connectivity index (χ2v) is 6.63. The normalized spacial score (nSPS) is 28.7. The van der Waals surface area contributed by atoms with E-state index in [4.69, 9.17) is 0 Å². The molecule has 0 spiro atoms. The summed E-state index contributed by atoms with van der Waals surface area (Å²) in [5.41, 5.74) is 2.78. The largest absolute Gasteiger partial charge is 0.354 e. The van der Waals surface area contributed by atoms with Gasteiger partial charge in [0.1, 0.15) is 0 Å². The van der Waals surface area contributed by atoms with E-state index < -0.39 is 0 Å². The van der Waals surface area contributed by atoms with Crippen LogP contribution in [0.25, 0.3) is 0 Å². The number of aryl methyl sites for hydroxylation is 1. The Morgan fingerprint density at radius 3 is 2.90 bits per heavy atom. The second-order valence-electron chi connectivity index (χ2n) is 6.63. The highest BCUT2D eigenvalue weighted by molar-refractivity contribution is 5.79. The van der Waals surface area contributed by atoms with E-state index in [0.29, 0.717) is 12.0 Å². The summed E-state index contributed by atoms with van der Waals surface area (Å²) >= 11 is 0. The molecule has 1 amide bonds. The third kappa shape index (κ3) is 3.46. The smallest absolute Gasteiger partial charge is 0.223 e. The predicted octanol–water partition coefficient (Wildman–Crippen LogP) is 2.30. The molecule has 0 aromatic heterocycles. The first-order valence-electron chi connectivity index (χ1n) is 8.32. The van der Waals surface area contributed by atoms with Gasteiger partial charge in [0.05, 0.1) is 0 Å². The average Bonchev–Trinajstić information content (AvgIpc) is 2.53. The van der Waals surface area contributed by atoms with Crippen LogP contribution in [0.4, 0.5) is 0 Å². The number of fused-ring (bicyclic) bond motifs is 1. The molecule has 3 atom stereocenters. The maximum atomic E-state index is 12.4. The molecule has 2 aliphatic rings. The number of carbonyl (C=O) groups excluding carboxylic acids is 1. The number of benzene rings is 1. The summed E-state index contributed by atoms with van der Waals surface area (Å²) in [6, 6.07) is 8.97. The van der Waals surface area contributed by atoms with Crippen molar-refractivity contribution < 1.29 is 4.79 Å². The van der Waals surface area contributed by atoms with Gasteiger partial charge < -0.3 is 10.6 Å². The van der Waals surface area contributed by atoms with Crippen LogP contribution in [0.1, 0.15) is 37.3 Å². The van der Waals surface area contributed by atoms with E-state index >= 15 is 0 Å². The highest BCUT2D eigenvalue weighted by Crippen LogP contribution is 2.25. The van der Waals surface area contributed by atoms with E-state index in [1.807, 2.05) is 0 Å². The number of hydrogen-bond donors (Lipinski definition) is 2. The van der Waals surface area contributed by atoms with Crippen molar-refractivity contribution >= 4 is 5.91 Å². The molecule has 1 heterocycles. The molecule has 114 valence electrons. The standard InChI is InChI=1S/C18H26N2O/c1-13-5-4-10-19-17(13)12-20-18(21)16-9-8-14-6-2-3-7-15(14)11-16/h2-3,6-7,13,16-17,19H,4-5,8-12H2,1H3,(H,20,21). The van der Waals surface area contributed by atoms with Gasteiger partial charge >= 0.3 is 0 Å². The van der Waals surface area contributed by atoms with Crippen molar-refractivity contribution in [1.29, 1.82) is 0 Å². The van der Waals surface area contributed by atoms with Crippen molar-refractivity contribution in [2.75, 3.05) is 13.1 Å². The van der Waals surface area contributed by atoms with Crippen molar-refractivity contribution in [2.24, 2.45) is 11.8 Å². The lowest BCUT2D eigenvalue weighted by Gasteiger charge is -2.31. The molecule has 3 unspecified atom stereocenters. The first-order valence-corrected chi connectivity index (χ1v) is 8.32. The molecule has 3 rings (SSSR count). The van der Waals surface area contributed by atoms with Crippen LogP contribution in [0.15, 0.2) is 24.3 Å². The fraction of sp³-hybridized carbons (Fsp3) is 0.611. The van der Waals surface area contributed by atoms with Crippen molar-refractivity contribution in [3.63, 3.8) is 0 Å². The van der Waals surface area contributed by atoms with Crippen LogP contribution < -0.4 is 10.6 Å². The minimum Gasteiger partial charge on any atom is -0.354 e. The van der Waals surface area contributed by atoms with Gasteiger partial charge in [-0.3, -0.25) is 4.79 Å². The molecular weight excluding hydrogens is 260 g/mol. The highest BCUT2D eigenvalue weighted by atomic mass is 16.1. The quantitative estimate of drug-likeness (QED) is 0.895. The van der Waals surface area contributed by atoms with Gasteiger partial charge in [-0.2, -0.15) is 0 Å². The first-order chi connectivity index (χ1) is 10.2. The van der Waals surface area contributed by atoms with Crippen molar-refractivity contribution in [2.45, 2.75) is 45.1 Å². The zero-order valence-electron chi connectivity index (χ0n) is 12.9. The summed E-state index contributed by atoms with van der Waals surface area (Å²) in [5.74, 6) is 1.05. The van der Waals surface area contributed by atoms with Crippen molar-refractivity contribution in [3.8, 4) is 0 Å². The van der Waals surface area contributed by atoms with Crippen LogP contribution >= 0.6 is 0 Å². The monoisotopic (exact) mass is 286 g/mol. The Morgan fingerprint density at radius 2 is 2.10 bits per heavy atom. The fourth-order valence-corrected chi connectivity index (χ4v) is 3.66. The molecule has 3 nitrogen and oxygen atoms in total. The molecular formula is C18H26N2O. The molecule has 3 heteroatoms. The lowest BCUT2D eigenvalue weighted by molar-refractivity contribution is -0.125. The Kier molecular flexibility index (Phi) is 4.59. The lowest BCUT2D eigenvalue weighted by Crippen LogP contribution is -2.49. The van der Waals surface area contributed by atoms with E-state index in [1.54, 1.807) is 0 Å². The first kappa shape index (κ1) is 14.6. The number of hydrogen-bond acceptors (Lipinski definition) is 2. The molecule has 1 aliphatic carbocycles. The Bertz CT molecular complexity index is 500. The Hall–Kier alpha value is -1.35. The van der Waals surface area contributed by atoms with Gasteiger partial charge in [-0.1, -0.05) is 31.2 Å². The topological polar surface area (TPSA) is 41.1 Å². The highest BCUT2D eigenvalue weighted by Gasteiger charge is 2.26. The van der Waals surface area contributed by atoms with Gasteiger partial charge in [-0.25, -0.2) is 0 Å². The SMILES string of the molecule is CC1CCCNC1CNC(=O)C1CCc2ccccc2C1. The van der Waals surface area contributed by atoms with Crippen LogP contribution in [0.5, 0.6) is 0 Å². The predicted molar refractivity (Wildman–Crippen MR) is 85.2 cm³/mol. The van der Waals surface area contributed by atoms with E-state index in [0.717, 1.165) is 32.4 Å². The minimum absolute atomic E-state index is 0.152. The lowest BCUT2D eigenvalue weighted by atomic mass is 9.83. The molecule has 1 saturated heterocycles. The van der Waals surface area contributed by atoms with Crippen LogP contribution in [-0.2, 0) is 17.6 Å². The molecule has 0 saturated carbocycles. The number of piperidine rings is 1. The van der Waals surface area contributed by atoms with Gasteiger partial charge in [0.25, 0.3) is 0 Å². The van der Waals surface area contributed by atoms with Gasteiger partial charge in [-0.05, 0) is 55.7 Å². The van der Waals surface area contributed by atoms with Gasteiger partial charge in [0.15, 0.2) is 0 Å². The summed E-state index contributed by atoms with van der Waals surface area (Å²) in [6.45, 7) is 4.14. The Morgan fingerprint density at radius 1 is 1.29 bits per heavy atom. The van der Waals surface area contributed by atoms with E-state index in [-0.39, 0.29) is 11.8 Å².